The number of carbonyl (C=O) groups excluding carboxylic acids is 1. The van der Waals surface area contributed by atoms with Gasteiger partial charge in [-0.1, -0.05) is 13.3 Å². The molecular weight excluding hydrogens is 438 g/mol. The van der Waals surface area contributed by atoms with Crippen LogP contribution in [0.4, 0.5) is 17.5 Å². The fraction of sp³-hybridized carbons (Fsp3) is 0.593. The highest BCUT2D eigenvalue weighted by molar-refractivity contribution is 5.86. The Kier molecular flexibility index (Phi) is 4.32. The Balaban J connectivity index is 1.21. The number of hydrogen-bond acceptors (Lipinski definition) is 7. The molecule has 4 saturated carbocycles. The van der Waals surface area contributed by atoms with Gasteiger partial charge >= 0.3 is 0 Å². The molecule has 1 amide bonds. The highest BCUT2D eigenvalue weighted by atomic mass is 16.2. The van der Waals surface area contributed by atoms with Gasteiger partial charge in [0.1, 0.15) is 23.8 Å². The van der Waals surface area contributed by atoms with E-state index in [9.17, 15) is 10.1 Å². The van der Waals surface area contributed by atoms with E-state index in [-0.39, 0.29) is 16.9 Å². The lowest BCUT2D eigenvalue weighted by molar-refractivity contribution is -0.177. The lowest BCUT2D eigenvalue weighted by Gasteiger charge is -2.61. The molecule has 8 heteroatoms. The van der Waals surface area contributed by atoms with Gasteiger partial charge in [0.15, 0.2) is 0 Å². The second kappa shape index (κ2) is 7.16. The van der Waals surface area contributed by atoms with Gasteiger partial charge < -0.3 is 14.7 Å². The second-order valence-electron chi connectivity index (χ2n) is 11.8. The summed E-state index contributed by atoms with van der Waals surface area (Å²) >= 11 is 0. The van der Waals surface area contributed by atoms with E-state index in [1.165, 1.54) is 12.0 Å². The summed E-state index contributed by atoms with van der Waals surface area (Å²) in [5, 5.41) is 9.40. The molecule has 2 atom stereocenters. The van der Waals surface area contributed by atoms with Crippen LogP contribution >= 0.6 is 0 Å². The summed E-state index contributed by atoms with van der Waals surface area (Å²) in [5.74, 6) is 4.26. The molecule has 35 heavy (non-hydrogen) atoms. The summed E-state index contributed by atoms with van der Waals surface area (Å²) in [6.07, 6.45) is 10.1. The zero-order valence-electron chi connectivity index (χ0n) is 20.4. The average Bonchev–Trinajstić information content (AvgIpc) is 3.35. The number of hydrogen-bond donors (Lipinski definition) is 0. The van der Waals surface area contributed by atoms with E-state index in [1.807, 2.05) is 13.1 Å². The molecule has 6 aliphatic rings. The van der Waals surface area contributed by atoms with Crippen LogP contribution in [0.5, 0.6) is 0 Å². The predicted octanol–water partition coefficient (Wildman–Crippen LogP) is 3.40. The van der Waals surface area contributed by atoms with Crippen molar-refractivity contribution in [2.24, 2.45) is 17.3 Å². The van der Waals surface area contributed by atoms with Crippen molar-refractivity contribution in [2.75, 3.05) is 36.5 Å². The summed E-state index contributed by atoms with van der Waals surface area (Å²) in [7, 11) is 2.01. The van der Waals surface area contributed by atoms with Gasteiger partial charge in [-0.15, -0.1) is 0 Å². The minimum Gasteiger partial charge on any atom is -0.354 e. The lowest BCUT2D eigenvalue weighted by atomic mass is 9.44. The molecule has 4 aliphatic carbocycles. The van der Waals surface area contributed by atoms with Crippen molar-refractivity contribution < 1.29 is 4.79 Å². The Hall–Kier alpha value is -3.21. The Morgan fingerprint density at radius 2 is 1.94 bits per heavy atom. The zero-order chi connectivity index (χ0) is 23.9. The van der Waals surface area contributed by atoms with Gasteiger partial charge in [-0.05, 0) is 56.1 Å². The molecule has 0 unspecified atom stereocenters. The summed E-state index contributed by atoms with van der Waals surface area (Å²) < 4.78 is 0. The van der Waals surface area contributed by atoms with Crippen molar-refractivity contribution >= 4 is 23.4 Å². The molecule has 2 bridgehead atoms. The van der Waals surface area contributed by atoms with Gasteiger partial charge in [0, 0.05) is 43.9 Å². The van der Waals surface area contributed by atoms with Crippen molar-refractivity contribution in [3.05, 3.63) is 35.8 Å². The molecule has 8 nitrogen and oxygen atoms in total. The fourth-order valence-corrected chi connectivity index (χ4v) is 7.47. The molecule has 1 spiro atoms. The Morgan fingerprint density at radius 1 is 1.17 bits per heavy atom. The molecule has 2 aromatic heterocycles. The van der Waals surface area contributed by atoms with Crippen LogP contribution < -0.4 is 9.80 Å². The maximum absolute atomic E-state index is 13.3. The largest absolute Gasteiger partial charge is 0.354 e. The zero-order valence-corrected chi connectivity index (χ0v) is 20.4. The van der Waals surface area contributed by atoms with Crippen molar-refractivity contribution in [3.63, 3.8) is 0 Å². The summed E-state index contributed by atoms with van der Waals surface area (Å²) in [6, 6.07) is 6.02. The number of pyridine rings is 1. The number of carbonyl (C=O) groups is 1. The second-order valence-corrected chi connectivity index (χ2v) is 11.8. The number of nitriles is 1. The molecule has 4 heterocycles. The number of anilines is 3. The van der Waals surface area contributed by atoms with Gasteiger partial charge in [-0.25, -0.2) is 15.0 Å². The lowest BCUT2D eigenvalue weighted by Crippen LogP contribution is -2.62. The van der Waals surface area contributed by atoms with Crippen LogP contribution in [-0.2, 0) is 10.2 Å². The number of likely N-dealkylation sites (N-methyl/N-ethyl adjacent to an activating group) is 1. The molecular formula is C27H31N7O. The topological polar surface area (TPSA) is 89.2 Å². The van der Waals surface area contributed by atoms with Crippen molar-refractivity contribution in [1.29, 1.82) is 5.26 Å². The minimum atomic E-state index is -0.0375. The molecule has 0 radical (unpaired) electrons. The standard InChI is InChI=1S/C27H31N7O/c1-17-13-33(14-20(17)32(2)25(35)27-9-19(10-27)11-27)23-22-24(31-16-30-23)34(15-26(22)5-3-6-26)21-8-18(12-28)4-7-29-21/h4,7-8,16-17,19-20H,3,5-6,9-11,13-15H2,1-2H3/t17-,19?,20+,27?/m1/s1. The third kappa shape index (κ3) is 2.84. The van der Waals surface area contributed by atoms with E-state index in [2.05, 4.69) is 32.7 Å². The normalized spacial score (nSPS) is 31.3. The maximum Gasteiger partial charge on any atom is 0.228 e. The molecule has 0 aromatic carbocycles. The van der Waals surface area contributed by atoms with Crippen LogP contribution in [0.3, 0.4) is 0 Å². The first-order chi connectivity index (χ1) is 16.9. The molecule has 2 aromatic rings. The Bertz CT molecular complexity index is 1250. The van der Waals surface area contributed by atoms with E-state index < -0.39 is 0 Å². The van der Waals surface area contributed by atoms with Crippen LogP contribution in [0, 0.1) is 28.6 Å². The molecule has 5 fully saturated rings. The van der Waals surface area contributed by atoms with Gasteiger partial charge in [0.25, 0.3) is 0 Å². The smallest absolute Gasteiger partial charge is 0.228 e. The highest BCUT2D eigenvalue weighted by Crippen LogP contribution is 2.65. The van der Waals surface area contributed by atoms with Gasteiger partial charge in [0.05, 0.1) is 23.1 Å². The van der Waals surface area contributed by atoms with Crippen LogP contribution in [-0.4, -0.2) is 58.5 Å². The van der Waals surface area contributed by atoms with E-state index in [0.29, 0.717) is 17.4 Å². The first-order valence-corrected chi connectivity index (χ1v) is 12.9. The first-order valence-electron chi connectivity index (χ1n) is 12.9. The Labute approximate surface area is 206 Å². The molecule has 180 valence electrons. The molecule has 8 rings (SSSR count). The number of nitrogens with zero attached hydrogens (tertiary/aromatic N) is 7. The van der Waals surface area contributed by atoms with Gasteiger partial charge in [-0.3, -0.25) is 4.79 Å². The summed E-state index contributed by atoms with van der Waals surface area (Å²) in [6.45, 7) is 4.79. The quantitative estimate of drug-likeness (QED) is 0.678. The van der Waals surface area contributed by atoms with E-state index >= 15 is 0 Å². The van der Waals surface area contributed by atoms with E-state index in [0.717, 1.165) is 75.1 Å². The van der Waals surface area contributed by atoms with E-state index in [1.54, 1.807) is 18.6 Å². The highest BCUT2D eigenvalue weighted by Gasteiger charge is 2.62. The fourth-order valence-electron chi connectivity index (χ4n) is 7.47. The minimum absolute atomic E-state index is 0.0329. The number of aromatic nitrogens is 3. The van der Waals surface area contributed by atoms with Crippen LogP contribution in [0.25, 0.3) is 0 Å². The summed E-state index contributed by atoms with van der Waals surface area (Å²) in [4.78, 5) is 34.1. The molecule has 1 saturated heterocycles. The van der Waals surface area contributed by atoms with Crippen molar-refractivity contribution in [3.8, 4) is 6.07 Å². The molecule has 0 N–H and O–H groups in total. The SMILES string of the molecule is C[C@@H]1CN(c2ncnc3c2C2(CCC2)CN3c2cc(C#N)ccn2)C[C@@H]1N(C)C(=O)C12CC(C1)C2. The maximum atomic E-state index is 13.3. The third-order valence-electron chi connectivity index (χ3n) is 9.70. The van der Waals surface area contributed by atoms with Crippen molar-refractivity contribution in [1.82, 2.24) is 19.9 Å². The summed E-state index contributed by atoms with van der Waals surface area (Å²) in [5.41, 5.74) is 1.83. The van der Waals surface area contributed by atoms with Gasteiger partial charge in [0.2, 0.25) is 5.91 Å². The predicted molar refractivity (Wildman–Crippen MR) is 131 cm³/mol. The van der Waals surface area contributed by atoms with Crippen LogP contribution in [0.15, 0.2) is 24.7 Å². The van der Waals surface area contributed by atoms with Crippen LogP contribution in [0.1, 0.15) is 56.6 Å². The van der Waals surface area contributed by atoms with E-state index in [4.69, 9.17) is 9.97 Å². The van der Waals surface area contributed by atoms with Crippen molar-refractivity contribution in [2.45, 2.75) is 56.9 Å². The van der Waals surface area contributed by atoms with Crippen LogP contribution in [0.2, 0.25) is 0 Å². The first kappa shape index (κ1) is 21.1. The molecule has 2 aliphatic heterocycles. The Morgan fingerprint density at radius 3 is 2.60 bits per heavy atom. The monoisotopic (exact) mass is 469 g/mol. The number of fused-ring (bicyclic) bond motifs is 2. The number of amides is 1. The average molecular weight is 470 g/mol. The van der Waals surface area contributed by atoms with Gasteiger partial charge in [-0.2, -0.15) is 5.26 Å². The number of rotatable bonds is 4. The third-order valence-corrected chi connectivity index (χ3v) is 9.70.